The Balaban J connectivity index is 1.40. The second kappa shape index (κ2) is 10.8. The van der Waals surface area contributed by atoms with Gasteiger partial charge in [0, 0.05) is 57.2 Å². The van der Waals surface area contributed by atoms with E-state index in [0.717, 1.165) is 57.1 Å². The summed E-state index contributed by atoms with van der Waals surface area (Å²) in [4.78, 5) is 31.2. The number of piperazine rings is 1. The van der Waals surface area contributed by atoms with Gasteiger partial charge >= 0.3 is 0 Å². The van der Waals surface area contributed by atoms with E-state index in [1.54, 1.807) is 0 Å². The van der Waals surface area contributed by atoms with Gasteiger partial charge in [-0.25, -0.2) is 0 Å². The maximum Gasteiger partial charge on any atom is 0.238 e. The molecule has 3 rings (SSSR count). The molecule has 2 amide bonds. The van der Waals surface area contributed by atoms with Crippen molar-refractivity contribution in [3.05, 3.63) is 23.8 Å². The molecule has 0 aromatic heterocycles. The van der Waals surface area contributed by atoms with E-state index in [1.807, 2.05) is 6.07 Å². The van der Waals surface area contributed by atoms with Crippen molar-refractivity contribution in [3.63, 3.8) is 0 Å². The van der Waals surface area contributed by atoms with Crippen LogP contribution in [0.15, 0.2) is 18.2 Å². The third kappa shape index (κ3) is 6.71. The number of benzene rings is 1. The number of amides is 2. The SMILES string of the molecule is Cc1cc(N2CCCC2)ccc1NC(=O)CN1CCN(CC(=O)NCC(C)C)CC1. The molecule has 166 valence electrons. The zero-order valence-electron chi connectivity index (χ0n) is 18.7. The Morgan fingerprint density at radius 1 is 0.933 bits per heavy atom. The van der Waals surface area contributed by atoms with Gasteiger partial charge in [-0.3, -0.25) is 19.4 Å². The monoisotopic (exact) mass is 415 g/mol. The number of nitrogens with zero attached hydrogens (tertiary/aromatic N) is 3. The molecule has 1 aromatic rings. The van der Waals surface area contributed by atoms with Gasteiger partial charge in [0.05, 0.1) is 13.1 Å². The Morgan fingerprint density at radius 2 is 1.53 bits per heavy atom. The summed E-state index contributed by atoms with van der Waals surface area (Å²) in [5.41, 5.74) is 3.24. The van der Waals surface area contributed by atoms with Gasteiger partial charge in [-0.2, -0.15) is 0 Å². The molecule has 7 heteroatoms. The predicted octanol–water partition coefficient (Wildman–Crippen LogP) is 1.92. The third-order valence-corrected chi connectivity index (χ3v) is 5.86. The first-order valence-corrected chi connectivity index (χ1v) is 11.3. The number of hydrogen-bond donors (Lipinski definition) is 2. The topological polar surface area (TPSA) is 67.9 Å². The lowest BCUT2D eigenvalue weighted by Crippen LogP contribution is -2.51. The highest BCUT2D eigenvalue weighted by molar-refractivity contribution is 5.93. The number of rotatable bonds is 8. The number of nitrogens with one attached hydrogen (secondary N) is 2. The second-order valence-electron chi connectivity index (χ2n) is 8.99. The molecule has 2 aliphatic rings. The van der Waals surface area contributed by atoms with Gasteiger partial charge in [-0.15, -0.1) is 0 Å². The molecule has 0 atom stereocenters. The van der Waals surface area contributed by atoms with Crippen LogP contribution in [-0.2, 0) is 9.59 Å². The summed E-state index contributed by atoms with van der Waals surface area (Å²) in [5.74, 6) is 0.572. The second-order valence-corrected chi connectivity index (χ2v) is 8.99. The molecule has 0 saturated carbocycles. The first-order chi connectivity index (χ1) is 14.4. The van der Waals surface area contributed by atoms with Gasteiger partial charge in [0.1, 0.15) is 0 Å². The summed E-state index contributed by atoms with van der Waals surface area (Å²) in [6.07, 6.45) is 2.51. The Hall–Kier alpha value is -2.12. The number of carbonyl (C=O) groups is 2. The molecule has 1 aromatic carbocycles. The lowest BCUT2D eigenvalue weighted by atomic mass is 10.1. The summed E-state index contributed by atoms with van der Waals surface area (Å²) in [5, 5.41) is 6.03. The fraction of sp³-hybridized carbons (Fsp3) is 0.652. The molecule has 0 bridgehead atoms. The Morgan fingerprint density at radius 3 is 2.10 bits per heavy atom. The summed E-state index contributed by atoms with van der Waals surface area (Å²) >= 11 is 0. The highest BCUT2D eigenvalue weighted by atomic mass is 16.2. The largest absolute Gasteiger partial charge is 0.372 e. The van der Waals surface area contributed by atoms with Crippen LogP contribution in [-0.4, -0.2) is 80.5 Å². The molecule has 0 unspecified atom stereocenters. The molecular weight excluding hydrogens is 378 g/mol. The van der Waals surface area contributed by atoms with Crippen LogP contribution in [0.3, 0.4) is 0 Å². The Bertz CT molecular complexity index is 722. The normalized spacial score (nSPS) is 18.1. The summed E-state index contributed by atoms with van der Waals surface area (Å²) in [6, 6.07) is 6.30. The fourth-order valence-corrected chi connectivity index (χ4v) is 4.04. The molecule has 2 fully saturated rings. The highest BCUT2D eigenvalue weighted by Gasteiger charge is 2.21. The molecule has 2 saturated heterocycles. The predicted molar refractivity (Wildman–Crippen MR) is 122 cm³/mol. The molecule has 7 nitrogen and oxygen atoms in total. The zero-order chi connectivity index (χ0) is 21.5. The molecule has 0 radical (unpaired) electrons. The minimum absolute atomic E-state index is 0.0233. The van der Waals surface area contributed by atoms with Crippen LogP contribution in [0.25, 0.3) is 0 Å². The number of hydrogen-bond acceptors (Lipinski definition) is 5. The zero-order valence-corrected chi connectivity index (χ0v) is 18.7. The molecule has 30 heavy (non-hydrogen) atoms. The first kappa shape index (κ1) is 22.6. The molecular formula is C23H37N5O2. The van der Waals surface area contributed by atoms with Crippen molar-refractivity contribution < 1.29 is 9.59 Å². The number of aryl methyl sites for hydroxylation is 1. The van der Waals surface area contributed by atoms with Crippen LogP contribution in [0.2, 0.25) is 0 Å². The van der Waals surface area contributed by atoms with Crippen molar-refractivity contribution in [3.8, 4) is 0 Å². The molecule has 0 aliphatic carbocycles. The van der Waals surface area contributed by atoms with E-state index in [0.29, 0.717) is 19.0 Å². The van der Waals surface area contributed by atoms with Crippen LogP contribution >= 0.6 is 0 Å². The van der Waals surface area contributed by atoms with E-state index in [9.17, 15) is 9.59 Å². The number of carbonyl (C=O) groups excluding carboxylic acids is 2. The molecule has 2 N–H and O–H groups in total. The fourth-order valence-electron chi connectivity index (χ4n) is 4.04. The minimum atomic E-state index is 0.0233. The van der Waals surface area contributed by atoms with E-state index >= 15 is 0 Å². The molecule has 2 aliphatic heterocycles. The van der Waals surface area contributed by atoms with Gasteiger partial charge in [0.2, 0.25) is 11.8 Å². The van der Waals surface area contributed by atoms with Crippen LogP contribution < -0.4 is 15.5 Å². The first-order valence-electron chi connectivity index (χ1n) is 11.3. The lowest BCUT2D eigenvalue weighted by molar-refractivity contribution is -0.123. The van der Waals surface area contributed by atoms with Crippen molar-refractivity contribution in [1.29, 1.82) is 0 Å². The average Bonchev–Trinajstić information content (AvgIpc) is 3.24. The standard InChI is InChI=1S/C23H37N5O2/c1-18(2)15-24-22(29)16-26-10-12-27(13-11-26)17-23(30)25-21-7-6-20(14-19(21)3)28-8-4-5-9-28/h6-7,14,18H,4-5,8-13,15-17H2,1-3H3,(H,24,29)(H,25,30). The van der Waals surface area contributed by atoms with Crippen LogP contribution in [0, 0.1) is 12.8 Å². The van der Waals surface area contributed by atoms with Crippen molar-refractivity contribution >= 4 is 23.2 Å². The average molecular weight is 416 g/mol. The van der Waals surface area contributed by atoms with Crippen molar-refractivity contribution in [2.24, 2.45) is 5.92 Å². The van der Waals surface area contributed by atoms with Crippen molar-refractivity contribution in [2.75, 3.05) is 69.1 Å². The Labute approximate surface area is 180 Å². The summed E-state index contributed by atoms with van der Waals surface area (Å²) < 4.78 is 0. The van der Waals surface area contributed by atoms with Gasteiger partial charge < -0.3 is 15.5 Å². The quantitative estimate of drug-likeness (QED) is 0.679. The van der Waals surface area contributed by atoms with Crippen LogP contribution in [0.1, 0.15) is 32.3 Å². The van der Waals surface area contributed by atoms with E-state index in [2.05, 4.69) is 58.2 Å². The van der Waals surface area contributed by atoms with E-state index < -0.39 is 0 Å². The molecule has 2 heterocycles. The van der Waals surface area contributed by atoms with Gasteiger partial charge in [0.25, 0.3) is 0 Å². The van der Waals surface area contributed by atoms with Gasteiger partial charge in [0.15, 0.2) is 0 Å². The van der Waals surface area contributed by atoms with E-state index in [-0.39, 0.29) is 11.8 Å². The van der Waals surface area contributed by atoms with Gasteiger partial charge in [-0.05, 0) is 49.4 Å². The molecule has 0 spiro atoms. The maximum absolute atomic E-state index is 12.5. The lowest BCUT2D eigenvalue weighted by Gasteiger charge is -2.33. The van der Waals surface area contributed by atoms with E-state index in [1.165, 1.54) is 18.5 Å². The summed E-state index contributed by atoms with van der Waals surface area (Å²) in [6.45, 7) is 13.3. The van der Waals surface area contributed by atoms with Crippen molar-refractivity contribution in [2.45, 2.75) is 33.6 Å². The van der Waals surface area contributed by atoms with Crippen LogP contribution in [0.5, 0.6) is 0 Å². The number of anilines is 2. The maximum atomic E-state index is 12.5. The van der Waals surface area contributed by atoms with Gasteiger partial charge in [-0.1, -0.05) is 13.8 Å². The van der Waals surface area contributed by atoms with Crippen LogP contribution in [0.4, 0.5) is 11.4 Å². The third-order valence-electron chi connectivity index (χ3n) is 5.86. The van der Waals surface area contributed by atoms with Crippen molar-refractivity contribution in [1.82, 2.24) is 15.1 Å². The minimum Gasteiger partial charge on any atom is -0.372 e. The smallest absolute Gasteiger partial charge is 0.238 e. The summed E-state index contributed by atoms with van der Waals surface area (Å²) in [7, 11) is 0. The highest BCUT2D eigenvalue weighted by Crippen LogP contribution is 2.25. The Kier molecular flexibility index (Phi) is 8.10. The van der Waals surface area contributed by atoms with E-state index in [4.69, 9.17) is 0 Å².